The lowest BCUT2D eigenvalue weighted by Gasteiger charge is -2.26. The van der Waals surface area contributed by atoms with E-state index in [1.165, 1.54) is 0 Å². The highest BCUT2D eigenvalue weighted by Crippen LogP contribution is 2.22. The van der Waals surface area contributed by atoms with Gasteiger partial charge in [0.05, 0.1) is 30.1 Å². The summed E-state index contributed by atoms with van der Waals surface area (Å²) in [6.07, 6.45) is 2.88. The Bertz CT molecular complexity index is 560. The van der Waals surface area contributed by atoms with Gasteiger partial charge in [-0.15, -0.1) is 0 Å². The first kappa shape index (κ1) is 12.6. The van der Waals surface area contributed by atoms with Crippen LogP contribution in [0.4, 0.5) is 0 Å². The van der Waals surface area contributed by atoms with Gasteiger partial charge in [0.2, 0.25) is 0 Å². The fourth-order valence-corrected chi connectivity index (χ4v) is 2.57. The molecule has 1 aliphatic rings. The molecule has 1 fully saturated rings. The van der Waals surface area contributed by atoms with Crippen molar-refractivity contribution in [2.75, 3.05) is 19.7 Å². The number of ether oxygens (including phenoxy) is 1. The minimum absolute atomic E-state index is 0.00342. The molecule has 1 aliphatic heterocycles. The molecule has 3 rings (SSSR count). The molecule has 3 N–H and O–H groups in total. The van der Waals surface area contributed by atoms with Crippen LogP contribution in [0.3, 0.4) is 0 Å². The van der Waals surface area contributed by atoms with Crippen LogP contribution in [0.5, 0.6) is 0 Å². The van der Waals surface area contributed by atoms with Gasteiger partial charge in [0, 0.05) is 26.2 Å². The Morgan fingerprint density at radius 2 is 2.47 bits per heavy atom. The highest BCUT2D eigenvalue weighted by atomic mass is 16.5. The number of benzene rings is 1. The molecule has 0 aliphatic carbocycles. The van der Waals surface area contributed by atoms with Crippen molar-refractivity contribution in [2.45, 2.75) is 18.6 Å². The zero-order valence-electron chi connectivity index (χ0n) is 11.2. The van der Waals surface area contributed by atoms with Crippen molar-refractivity contribution in [1.29, 1.82) is 0 Å². The van der Waals surface area contributed by atoms with Crippen molar-refractivity contribution in [1.82, 2.24) is 14.9 Å². The third-order valence-electron chi connectivity index (χ3n) is 3.70. The van der Waals surface area contributed by atoms with Crippen molar-refractivity contribution >= 4 is 11.0 Å². The van der Waals surface area contributed by atoms with Crippen molar-refractivity contribution in [3.63, 3.8) is 0 Å². The second-order valence-electron chi connectivity index (χ2n) is 5.14. The number of nitrogens with zero attached hydrogens (tertiary/aromatic N) is 2. The van der Waals surface area contributed by atoms with E-state index < -0.39 is 0 Å². The topological polar surface area (TPSA) is 65.1 Å². The van der Waals surface area contributed by atoms with Gasteiger partial charge in [-0.05, 0) is 24.1 Å². The molecule has 19 heavy (non-hydrogen) atoms. The second-order valence-corrected chi connectivity index (χ2v) is 5.14. The Morgan fingerprint density at radius 3 is 3.26 bits per heavy atom. The van der Waals surface area contributed by atoms with Gasteiger partial charge in [-0.1, -0.05) is 6.07 Å². The molecule has 5 heteroatoms. The maximum Gasteiger partial charge on any atom is 0.0955 e. The number of nitrogens with one attached hydrogen (secondary N) is 1. The standard InChI is InChI=1S/C14H20N4O/c1-18-9-17-13-6-10(2-3-14(13)18)12(15)7-11-8-16-4-5-19-11/h2-3,6,9,11-12,16H,4-5,7-8,15H2,1H3. The Balaban J connectivity index is 1.75. The lowest BCUT2D eigenvalue weighted by molar-refractivity contribution is 0.0195. The number of nitrogens with two attached hydrogens (primary N) is 1. The molecule has 2 aromatic rings. The van der Waals surface area contributed by atoms with Crippen LogP contribution in [-0.2, 0) is 11.8 Å². The van der Waals surface area contributed by atoms with Gasteiger partial charge in [-0.25, -0.2) is 4.98 Å². The van der Waals surface area contributed by atoms with E-state index >= 15 is 0 Å². The minimum atomic E-state index is -0.00342. The van der Waals surface area contributed by atoms with Gasteiger partial charge in [-0.2, -0.15) is 0 Å². The molecule has 1 saturated heterocycles. The molecular formula is C14H20N4O. The summed E-state index contributed by atoms with van der Waals surface area (Å²) in [6.45, 7) is 2.60. The van der Waals surface area contributed by atoms with E-state index in [4.69, 9.17) is 10.5 Å². The molecule has 102 valence electrons. The number of aromatic nitrogens is 2. The number of hydrogen-bond acceptors (Lipinski definition) is 4. The lowest BCUT2D eigenvalue weighted by atomic mass is 10.0. The van der Waals surface area contributed by atoms with Crippen LogP contribution in [0.25, 0.3) is 11.0 Å². The quantitative estimate of drug-likeness (QED) is 0.862. The predicted octanol–water partition coefficient (Wildman–Crippen LogP) is 0.952. The second kappa shape index (κ2) is 5.28. The molecule has 5 nitrogen and oxygen atoms in total. The number of imidazole rings is 1. The summed E-state index contributed by atoms with van der Waals surface area (Å²) in [4.78, 5) is 4.37. The van der Waals surface area contributed by atoms with Gasteiger partial charge in [-0.3, -0.25) is 0 Å². The smallest absolute Gasteiger partial charge is 0.0955 e. The summed E-state index contributed by atoms with van der Waals surface area (Å²) in [5.74, 6) is 0. The summed E-state index contributed by atoms with van der Waals surface area (Å²) in [6, 6.07) is 6.25. The number of hydrogen-bond donors (Lipinski definition) is 2. The lowest BCUT2D eigenvalue weighted by Crippen LogP contribution is -2.40. The first-order chi connectivity index (χ1) is 9.24. The van der Waals surface area contributed by atoms with E-state index in [0.29, 0.717) is 0 Å². The van der Waals surface area contributed by atoms with Crippen LogP contribution in [0, 0.1) is 0 Å². The predicted molar refractivity (Wildman–Crippen MR) is 74.9 cm³/mol. The Kier molecular flexibility index (Phi) is 3.50. The molecule has 1 aromatic carbocycles. The third-order valence-corrected chi connectivity index (χ3v) is 3.70. The zero-order valence-corrected chi connectivity index (χ0v) is 11.2. The summed E-state index contributed by atoms with van der Waals surface area (Å²) >= 11 is 0. The highest BCUT2D eigenvalue weighted by Gasteiger charge is 2.18. The summed E-state index contributed by atoms with van der Waals surface area (Å²) in [5, 5.41) is 3.33. The van der Waals surface area contributed by atoms with E-state index in [1.807, 2.05) is 17.9 Å². The average molecular weight is 260 g/mol. The molecule has 0 spiro atoms. The largest absolute Gasteiger partial charge is 0.376 e. The SMILES string of the molecule is Cn1cnc2cc(C(N)CC3CNCCO3)ccc21. The Morgan fingerprint density at radius 1 is 1.58 bits per heavy atom. The van der Waals surface area contributed by atoms with Crippen LogP contribution in [0.15, 0.2) is 24.5 Å². The molecule has 2 unspecified atom stereocenters. The zero-order chi connectivity index (χ0) is 13.2. The maximum absolute atomic E-state index is 6.28. The van der Waals surface area contributed by atoms with Crippen LogP contribution < -0.4 is 11.1 Å². The number of fused-ring (bicyclic) bond motifs is 1. The van der Waals surface area contributed by atoms with Gasteiger partial charge in [0.15, 0.2) is 0 Å². The fraction of sp³-hybridized carbons (Fsp3) is 0.500. The van der Waals surface area contributed by atoms with Gasteiger partial charge < -0.3 is 20.4 Å². The van der Waals surface area contributed by atoms with E-state index in [0.717, 1.165) is 42.7 Å². The highest BCUT2D eigenvalue weighted by molar-refractivity contribution is 5.76. The van der Waals surface area contributed by atoms with Crippen LogP contribution >= 0.6 is 0 Å². The summed E-state index contributed by atoms with van der Waals surface area (Å²) in [7, 11) is 2.00. The minimum Gasteiger partial charge on any atom is -0.376 e. The molecule has 2 atom stereocenters. The van der Waals surface area contributed by atoms with E-state index in [9.17, 15) is 0 Å². The van der Waals surface area contributed by atoms with Crippen molar-refractivity contribution in [3.8, 4) is 0 Å². The van der Waals surface area contributed by atoms with Gasteiger partial charge in [0.25, 0.3) is 0 Å². The number of morpholine rings is 1. The van der Waals surface area contributed by atoms with E-state index in [1.54, 1.807) is 0 Å². The van der Waals surface area contributed by atoms with Crippen molar-refractivity contribution < 1.29 is 4.74 Å². The van der Waals surface area contributed by atoms with Crippen molar-refractivity contribution in [2.24, 2.45) is 12.8 Å². The summed E-state index contributed by atoms with van der Waals surface area (Å²) in [5.41, 5.74) is 9.54. The summed E-state index contributed by atoms with van der Waals surface area (Å²) < 4.78 is 7.71. The monoisotopic (exact) mass is 260 g/mol. The van der Waals surface area contributed by atoms with Gasteiger partial charge >= 0.3 is 0 Å². The Hall–Kier alpha value is -1.43. The first-order valence-electron chi connectivity index (χ1n) is 6.73. The average Bonchev–Trinajstić information content (AvgIpc) is 2.81. The fourth-order valence-electron chi connectivity index (χ4n) is 2.57. The third kappa shape index (κ3) is 2.63. The Labute approximate surface area is 112 Å². The van der Waals surface area contributed by atoms with Crippen LogP contribution in [0.2, 0.25) is 0 Å². The maximum atomic E-state index is 6.28. The molecule has 0 saturated carbocycles. The van der Waals surface area contributed by atoms with E-state index in [-0.39, 0.29) is 12.1 Å². The number of aryl methyl sites for hydroxylation is 1. The molecule has 0 amide bonds. The molecular weight excluding hydrogens is 240 g/mol. The molecule has 0 radical (unpaired) electrons. The molecule has 1 aromatic heterocycles. The van der Waals surface area contributed by atoms with Gasteiger partial charge in [0.1, 0.15) is 0 Å². The molecule has 2 heterocycles. The number of rotatable bonds is 3. The van der Waals surface area contributed by atoms with Crippen molar-refractivity contribution in [3.05, 3.63) is 30.1 Å². The van der Waals surface area contributed by atoms with Crippen LogP contribution in [0.1, 0.15) is 18.0 Å². The van der Waals surface area contributed by atoms with E-state index in [2.05, 4.69) is 28.5 Å². The van der Waals surface area contributed by atoms with Crippen LogP contribution in [-0.4, -0.2) is 35.4 Å². The first-order valence-corrected chi connectivity index (χ1v) is 6.73. The normalized spacial score (nSPS) is 21.7. The molecule has 0 bridgehead atoms.